The highest BCUT2D eigenvalue weighted by atomic mass is 16.5. The van der Waals surface area contributed by atoms with Crippen LogP contribution in [0.1, 0.15) is 30.6 Å². The van der Waals surface area contributed by atoms with Gasteiger partial charge in [-0.1, -0.05) is 6.07 Å². The van der Waals surface area contributed by atoms with Crippen LogP contribution >= 0.6 is 0 Å². The third-order valence-corrected chi connectivity index (χ3v) is 2.86. The van der Waals surface area contributed by atoms with Crippen molar-refractivity contribution in [3.63, 3.8) is 0 Å². The minimum absolute atomic E-state index is 0.192. The fourth-order valence-electron chi connectivity index (χ4n) is 1.77. The molecule has 0 aromatic heterocycles. The van der Waals surface area contributed by atoms with E-state index in [9.17, 15) is 15.0 Å². The predicted octanol–water partition coefficient (Wildman–Crippen LogP) is 0.487. The molecule has 0 radical (unpaired) electrons. The number of rotatable bonds is 6. The second-order valence-corrected chi connectivity index (χ2v) is 4.36. The molecule has 6 nitrogen and oxygen atoms in total. The Balaban J connectivity index is 2.74. The summed E-state index contributed by atoms with van der Waals surface area (Å²) in [6, 6.07) is 6.60. The summed E-state index contributed by atoms with van der Waals surface area (Å²) in [4.78, 5) is 10.7. The van der Waals surface area contributed by atoms with Gasteiger partial charge in [0, 0.05) is 13.5 Å². The number of ether oxygens (including phenoxy) is 1. The Labute approximate surface area is 117 Å². The molecule has 6 heteroatoms. The molecule has 0 aliphatic rings. The average Bonchev–Trinajstić information content (AvgIpc) is 2.45. The molecule has 0 spiro atoms. The Morgan fingerprint density at radius 2 is 2.20 bits per heavy atom. The maximum atomic E-state index is 10.7. The van der Waals surface area contributed by atoms with Crippen molar-refractivity contribution in [3.8, 4) is 11.8 Å². The van der Waals surface area contributed by atoms with Crippen molar-refractivity contribution in [2.75, 3.05) is 13.7 Å². The molecule has 0 aliphatic carbocycles. The van der Waals surface area contributed by atoms with E-state index < -0.39 is 12.2 Å². The minimum atomic E-state index is -1.12. The average molecular weight is 278 g/mol. The van der Waals surface area contributed by atoms with Gasteiger partial charge >= 0.3 is 0 Å². The van der Waals surface area contributed by atoms with E-state index in [0.29, 0.717) is 11.3 Å². The SMILES string of the molecule is COc1ccc(C(O)C(O)CCNC(C)=O)cc1C#N. The third-order valence-electron chi connectivity index (χ3n) is 2.86. The fraction of sp³-hybridized carbons (Fsp3) is 0.429. The van der Waals surface area contributed by atoms with Crippen LogP contribution in [0.4, 0.5) is 0 Å². The number of aliphatic hydroxyl groups excluding tert-OH is 2. The van der Waals surface area contributed by atoms with Gasteiger partial charge in [0.2, 0.25) is 5.91 Å². The number of hydrogen-bond acceptors (Lipinski definition) is 5. The number of hydrogen-bond donors (Lipinski definition) is 3. The number of aliphatic hydroxyl groups is 2. The second kappa shape index (κ2) is 7.48. The number of benzene rings is 1. The molecule has 1 aromatic rings. The third kappa shape index (κ3) is 4.23. The summed E-state index contributed by atoms with van der Waals surface area (Å²) >= 11 is 0. The maximum Gasteiger partial charge on any atom is 0.216 e. The van der Waals surface area contributed by atoms with Gasteiger partial charge in [0.25, 0.3) is 0 Å². The maximum absolute atomic E-state index is 10.7. The lowest BCUT2D eigenvalue weighted by Crippen LogP contribution is -2.27. The van der Waals surface area contributed by atoms with Gasteiger partial charge in [0.15, 0.2) is 0 Å². The lowest BCUT2D eigenvalue weighted by atomic mass is 10.00. The molecule has 0 saturated heterocycles. The Bertz CT molecular complexity index is 510. The number of nitrogens with one attached hydrogen (secondary N) is 1. The van der Waals surface area contributed by atoms with E-state index in [1.54, 1.807) is 12.1 Å². The highest BCUT2D eigenvalue weighted by Gasteiger charge is 2.19. The van der Waals surface area contributed by atoms with E-state index >= 15 is 0 Å². The van der Waals surface area contributed by atoms with E-state index in [1.807, 2.05) is 6.07 Å². The molecule has 0 aliphatic heterocycles. The fourth-order valence-corrected chi connectivity index (χ4v) is 1.77. The van der Waals surface area contributed by atoms with Gasteiger partial charge in [-0.15, -0.1) is 0 Å². The standard InChI is InChI=1S/C14H18N2O4/c1-9(17)16-6-5-12(18)14(19)10-3-4-13(20-2)11(7-10)8-15/h3-4,7,12,14,18-19H,5-6H2,1-2H3,(H,16,17). The number of carbonyl (C=O) groups excluding carboxylic acids is 1. The number of nitriles is 1. The van der Waals surface area contributed by atoms with Gasteiger partial charge in [-0.25, -0.2) is 0 Å². The second-order valence-electron chi connectivity index (χ2n) is 4.36. The molecule has 2 atom stereocenters. The molecule has 0 saturated carbocycles. The van der Waals surface area contributed by atoms with Gasteiger partial charge in [0.05, 0.1) is 18.8 Å². The van der Waals surface area contributed by atoms with Crippen LogP contribution in [-0.2, 0) is 4.79 Å². The summed E-state index contributed by atoms with van der Waals surface area (Å²) in [7, 11) is 1.45. The summed E-state index contributed by atoms with van der Waals surface area (Å²) in [5.41, 5.74) is 0.718. The molecule has 3 N–H and O–H groups in total. The van der Waals surface area contributed by atoms with Crippen LogP contribution in [0.25, 0.3) is 0 Å². The topological polar surface area (TPSA) is 103 Å². The first-order valence-corrected chi connectivity index (χ1v) is 6.18. The van der Waals surface area contributed by atoms with Crippen LogP contribution in [0.5, 0.6) is 5.75 Å². The van der Waals surface area contributed by atoms with Crippen molar-refractivity contribution >= 4 is 5.91 Å². The number of nitrogens with zero attached hydrogens (tertiary/aromatic N) is 1. The summed E-state index contributed by atoms with van der Waals surface area (Å²) in [6.45, 7) is 1.65. The highest BCUT2D eigenvalue weighted by Crippen LogP contribution is 2.25. The molecular formula is C14H18N2O4. The van der Waals surface area contributed by atoms with Crippen LogP contribution < -0.4 is 10.1 Å². The van der Waals surface area contributed by atoms with E-state index in [2.05, 4.69) is 5.32 Å². The summed E-state index contributed by atoms with van der Waals surface area (Å²) < 4.78 is 5.01. The molecule has 1 aromatic carbocycles. The van der Waals surface area contributed by atoms with E-state index in [-0.39, 0.29) is 24.4 Å². The molecule has 0 fully saturated rings. The van der Waals surface area contributed by atoms with Crippen molar-refractivity contribution in [1.29, 1.82) is 5.26 Å². The van der Waals surface area contributed by atoms with Gasteiger partial charge < -0.3 is 20.3 Å². The Morgan fingerprint density at radius 1 is 1.50 bits per heavy atom. The van der Waals surface area contributed by atoms with E-state index in [4.69, 9.17) is 10.00 Å². The molecule has 0 bridgehead atoms. The summed E-state index contributed by atoms with van der Waals surface area (Å²) in [5, 5.41) is 31.4. The minimum Gasteiger partial charge on any atom is -0.495 e. The quantitative estimate of drug-likeness (QED) is 0.702. The molecule has 1 amide bonds. The highest BCUT2D eigenvalue weighted by molar-refractivity contribution is 5.72. The summed E-state index contributed by atoms with van der Waals surface area (Å²) in [5.74, 6) is 0.221. The van der Waals surface area contributed by atoms with Gasteiger partial charge in [0.1, 0.15) is 17.9 Å². The van der Waals surface area contributed by atoms with Crippen molar-refractivity contribution in [2.24, 2.45) is 0 Å². The molecule has 0 heterocycles. The lowest BCUT2D eigenvalue weighted by molar-refractivity contribution is -0.119. The van der Waals surface area contributed by atoms with Crippen LogP contribution in [0.3, 0.4) is 0 Å². The largest absolute Gasteiger partial charge is 0.495 e. The predicted molar refractivity (Wildman–Crippen MR) is 72.0 cm³/mol. The van der Waals surface area contributed by atoms with Crippen molar-refractivity contribution in [3.05, 3.63) is 29.3 Å². The van der Waals surface area contributed by atoms with Crippen molar-refractivity contribution in [1.82, 2.24) is 5.32 Å². The van der Waals surface area contributed by atoms with Crippen LogP contribution in [0, 0.1) is 11.3 Å². The zero-order valence-corrected chi connectivity index (χ0v) is 11.5. The molecule has 108 valence electrons. The van der Waals surface area contributed by atoms with E-state index in [0.717, 1.165) is 0 Å². The summed E-state index contributed by atoms with van der Waals surface area (Å²) in [6.07, 6.45) is -1.93. The van der Waals surface area contributed by atoms with Crippen molar-refractivity contribution in [2.45, 2.75) is 25.6 Å². The van der Waals surface area contributed by atoms with Gasteiger partial charge in [-0.3, -0.25) is 4.79 Å². The molecule has 1 rings (SSSR count). The van der Waals surface area contributed by atoms with Crippen LogP contribution in [0.2, 0.25) is 0 Å². The first-order valence-electron chi connectivity index (χ1n) is 6.18. The number of methoxy groups -OCH3 is 1. The number of carbonyl (C=O) groups is 1. The Morgan fingerprint density at radius 3 is 2.75 bits per heavy atom. The van der Waals surface area contributed by atoms with Crippen LogP contribution in [0.15, 0.2) is 18.2 Å². The Kier molecular flexibility index (Phi) is 5.97. The van der Waals surface area contributed by atoms with Crippen LogP contribution in [-0.4, -0.2) is 35.9 Å². The zero-order valence-electron chi connectivity index (χ0n) is 11.5. The molecular weight excluding hydrogens is 260 g/mol. The van der Waals surface area contributed by atoms with Crippen molar-refractivity contribution < 1.29 is 19.7 Å². The monoisotopic (exact) mass is 278 g/mol. The zero-order chi connectivity index (χ0) is 15.1. The Hall–Kier alpha value is -2.10. The number of amides is 1. The van der Waals surface area contributed by atoms with Gasteiger partial charge in [-0.2, -0.15) is 5.26 Å². The molecule has 20 heavy (non-hydrogen) atoms. The first-order chi connectivity index (χ1) is 9.49. The lowest BCUT2D eigenvalue weighted by Gasteiger charge is -2.19. The first kappa shape index (κ1) is 16.0. The molecule has 2 unspecified atom stereocenters. The van der Waals surface area contributed by atoms with Gasteiger partial charge in [-0.05, 0) is 24.1 Å². The smallest absolute Gasteiger partial charge is 0.216 e. The normalized spacial score (nSPS) is 13.2. The van der Waals surface area contributed by atoms with E-state index in [1.165, 1.54) is 20.1 Å².